The Morgan fingerprint density at radius 3 is 1.48 bits per heavy atom. The second kappa shape index (κ2) is 12.0. The van der Waals surface area contributed by atoms with Crippen molar-refractivity contribution in [2.75, 3.05) is 0 Å². The largest absolute Gasteiger partial charge is 0.439 e. The van der Waals surface area contributed by atoms with E-state index < -0.39 is 35.0 Å². The van der Waals surface area contributed by atoms with Gasteiger partial charge in [0.15, 0.2) is 11.4 Å². The highest BCUT2D eigenvalue weighted by atomic mass is 35.5. The SMILES string of the molecule is CCc1cn(C[C@@](C)(N)OC(=O)/C=C/C(=O)O[C@](C)(N)Cn2cc(CC)c3c(Cl)c(F)ccc32)c2ccc(F)c(Cl)c12. The number of carbonyl (C=O) groups excluding carboxylic acids is 2. The first-order valence-electron chi connectivity index (χ1n) is 13.3. The average molecular weight is 622 g/mol. The standard InChI is InChI=1S/C30H32Cl2F2N4O4/c1-5-17-13-37(21-9-7-19(33)27(31)25(17)21)15-29(3,35)41-23(39)11-12-24(40)42-30(4,36)16-38-14-18(6-2)26-22(38)10-8-20(34)28(26)32/h7-14H,5-6,15-16,35-36H2,1-4H3/b12-11+/t29-,30-/m0/s1. The van der Waals surface area contributed by atoms with Crippen LogP contribution in [0.3, 0.4) is 0 Å². The Labute approximate surface area is 251 Å². The summed E-state index contributed by atoms with van der Waals surface area (Å²) in [6.45, 7) is 6.90. The van der Waals surface area contributed by atoms with Gasteiger partial charge in [0, 0.05) is 35.3 Å². The summed E-state index contributed by atoms with van der Waals surface area (Å²) in [5.41, 5.74) is 12.5. The molecule has 0 unspecified atom stereocenters. The van der Waals surface area contributed by atoms with Crippen molar-refractivity contribution in [1.29, 1.82) is 0 Å². The first-order chi connectivity index (χ1) is 19.7. The smallest absolute Gasteiger partial charge is 0.332 e. The van der Waals surface area contributed by atoms with Gasteiger partial charge in [-0.25, -0.2) is 18.4 Å². The highest BCUT2D eigenvalue weighted by molar-refractivity contribution is 6.36. The van der Waals surface area contributed by atoms with Gasteiger partial charge in [-0.1, -0.05) is 37.0 Å². The molecule has 2 aromatic carbocycles. The van der Waals surface area contributed by atoms with Crippen LogP contribution in [0.1, 0.15) is 38.8 Å². The molecule has 0 radical (unpaired) electrons. The molecule has 4 rings (SSSR count). The minimum absolute atomic E-state index is 0.0145. The van der Waals surface area contributed by atoms with Crippen LogP contribution in [-0.4, -0.2) is 32.5 Å². The van der Waals surface area contributed by atoms with Crippen molar-refractivity contribution in [2.45, 2.75) is 65.1 Å². The molecule has 4 aromatic rings. The number of hydrogen-bond donors (Lipinski definition) is 2. The number of esters is 2. The molecule has 0 saturated carbocycles. The summed E-state index contributed by atoms with van der Waals surface area (Å²) in [7, 11) is 0. The second-order valence-corrected chi connectivity index (χ2v) is 11.3. The summed E-state index contributed by atoms with van der Waals surface area (Å²) < 4.78 is 42.3. The summed E-state index contributed by atoms with van der Waals surface area (Å²) >= 11 is 12.4. The van der Waals surface area contributed by atoms with Crippen LogP contribution in [0.25, 0.3) is 21.8 Å². The van der Waals surface area contributed by atoms with Crippen molar-refractivity contribution < 1.29 is 27.8 Å². The normalized spacial score (nSPS) is 14.8. The first kappa shape index (κ1) is 31.5. The number of ether oxygens (including phenoxy) is 2. The maximum absolute atomic E-state index is 14.0. The molecular weight excluding hydrogens is 589 g/mol. The molecule has 4 N–H and O–H groups in total. The van der Waals surface area contributed by atoms with Crippen LogP contribution >= 0.6 is 23.2 Å². The van der Waals surface area contributed by atoms with Crippen LogP contribution in [-0.2, 0) is 45.0 Å². The van der Waals surface area contributed by atoms with Crippen LogP contribution in [0, 0.1) is 11.6 Å². The molecule has 0 fully saturated rings. The number of fused-ring (bicyclic) bond motifs is 2. The lowest BCUT2D eigenvalue weighted by atomic mass is 10.1. The molecule has 224 valence electrons. The van der Waals surface area contributed by atoms with E-state index in [1.165, 1.54) is 26.0 Å². The van der Waals surface area contributed by atoms with Crippen LogP contribution < -0.4 is 11.5 Å². The molecule has 2 heterocycles. The predicted molar refractivity (Wildman–Crippen MR) is 159 cm³/mol. The molecule has 0 aliphatic rings. The lowest BCUT2D eigenvalue weighted by Gasteiger charge is -2.26. The molecule has 0 amide bonds. The molecule has 0 aliphatic heterocycles. The Kier molecular flexibility index (Phi) is 9.03. The Balaban J connectivity index is 1.41. The fourth-order valence-electron chi connectivity index (χ4n) is 5.02. The monoisotopic (exact) mass is 620 g/mol. The third kappa shape index (κ3) is 6.62. The van der Waals surface area contributed by atoms with Crippen molar-refractivity contribution in [3.63, 3.8) is 0 Å². The number of hydrogen-bond acceptors (Lipinski definition) is 6. The minimum atomic E-state index is -1.49. The second-order valence-electron chi connectivity index (χ2n) is 10.6. The highest BCUT2D eigenvalue weighted by Gasteiger charge is 2.28. The van der Waals surface area contributed by atoms with Crippen LogP contribution in [0.2, 0.25) is 10.0 Å². The zero-order chi connectivity index (χ0) is 31.0. The van der Waals surface area contributed by atoms with E-state index >= 15 is 0 Å². The number of benzene rings is 2. The third-order valence-electron chi connectivity index (χ3n) is 6.78. The van der Waals surface area contributed by atoms with Crippen molar-refractivity contribution in [1.82, 2.24) is 9.13 Å². The molecule has 0 aliphatic carbocycles. The Hall–Kier alpha value is -3.44. The van der Waals surface area contributed by atoms with E-state index in [1.807, 2.05) is 13.8 Å². The van der Waals surface area contributed by atoms with E-state index in [1.54, 1.807) is 33.7 Å². The van der Waals surface area contributed by atoms with E-state index in [0.717, 1.165) is 23.3 Å². The van der Waals surface area contributed by atoms with E-state index in [0.29, 0.717) is 34.6 Å². The number of rotatable bonds is 10. The lowest BCUT2D eigenvalue weighted by molar-refractivity contribution is -0.155. The first-order valence-corrected chi connectivity index (χ1v) is 14.0. The summed E-state index contributed by atoms with van der Waals surface area (Å²) in [4.78, 5) is 25.0. The van der Waals surface area contributed by atoms with Gasteiger partial charge in [-0.2, -0.15) is 0 Å². The summed E-state index contributed by atoms with van der Waals surface area (Å²) in [6, 6.07) is 5.69. The van der Waals surface area contributed by atoms with Gasteiger partial charge in [-0.05, 0) is 62.1 Å². The quantitative estimate of drug-likeness (QED) is 0.128. The van der Waals surface area contributed by atoms with Gasteiger partial charge in [-0.3, -0.25) is 11.5 Å². The van der Waals surface area contributed by atoms with E-state index in [2.05, 4.69) is 0 Å². The van der Waals surface area contributed by atoms with Crippen molar-refractivity contribution in [2.24, 2.45) is 11.5 Å². The fourth-order valence-corrected chi connectivity index (χ4v) is 5.58. The lowest BCUT2D eigenvalue weighted by Crippen LogP contribution is -2.45. The Bertz CT molecular complexity index is 1580. The number of aryl methyl sites for hydroxylation is 2. The van der Waals surface area contributed by atoms with Gasteiger partial charge in [0.25, 0.3) is 0 Å². The molecule has 42 heavy (non-hydrogen) atoms. The molecule has 0 spiro atoms. The van der Waals surface area contributed by atoms with E-state index in [9.17, 15) is 18.4 Å². The predicted octanol–water partition coefficient (Wildman–Crippen LogP) is 6.00. The van der Waals surface area contributed by atoms with Crippen LogP contribution in [0.15, 0.2) is 48.8 Å². The Morgan fingerprint density at radius 1 is 0.786 bits per heavy atom. The fraction of sp³-hybridized carbons (Fsp3) is 0.333. The zero-order valence-corrected chi connectivity index (χ0v) is 25.2. The van der Waals surface area contributed by atoms with Gasteiger partial charge in [0.1, 0.15) is 11.6 Å². The van der Waals surface area contributed by atoms with Gasteiger partial charge in [-0.15, -0.1) is 0 Å². The summed E-state index contributed by atoms with van der Waals surface area (Å²) in [6.07, 6.45) is 6.56. The number of nitrogens with two attached hydrogens (primary N) is 2. The molecule has 0 saturated heterocycles. The molecule has 2 atom stereocenters. The maximum atomic E-state index is 14.0. The highest BCUT2D eigenvalue weighted by Crippen LogP contribution is 2.33. The topological polar surface area (TPSA) is 114 Å². The van der Waals surface area contributed by atoms with Gasteiger partial charge < -0.3 is 18.6 Å². The minimum Gasteiger partial charge on any atom is -0.439 e. The van der Waals surface area contributed by atoms with E-state index in [4.69, 9.17) is 44.1 Å². The van der Waals surface area contributed by atoms with Gasteiger partial charge >= 0.3 is 11.9 Å². The van der Waals surface area contributed by atoms with E-state index in [-0.39, 0.29) is 23.1 Å². The number of aromatic nitrogens is 2. The summed E-state index contributed by atoms with van der Waals surface area (Å²) in [5.74, 6) is -2.83. The average Bonchev–Trinajstić information content (AvgIpc) is 3.43. The van der Waals surface area contributed by atoms with Crippen molar-refractivity contribution in [3.8, 4) is 0 Å². The van der Waals surface area contributed by atoms with Gasteiger partial charge in [0.05, 0.1) is 34.2 Å². The number of carbonyl (C=O) groups is 2. The van der Waals surface area contributed by atoms with Crippen LogP contribution in [0.5, 0.6) is 0 Å². The molecule has 0 bridgehead atoms. The van der Waals surface area contributed by atoms with Gasteiger partial charge in [0.2, 0.25) is 0 Å². The number of nitrogens with zero attached hydrogens (tertiary/aromatic N) is 2. The molecular formula is C30H32Cl2F2N4O4. The van der Waals surface area contributed by atoms with Crippen molar-refractivity contribution >= 4 is 56.9 Å². The molecule has 12 heteroatoms. The molecule has 8 nitrogen and oxygen atoms in total. The number of halogens is 4. The Morgan fingerprint density at radius 2 is 1.14 bits per heavy atom. The molecule has 2 aromatic heterocycles. The summed E-state index contributed by atoms with van der Waals surface area (Å²) in [5, 5.41) is 1.17. The van der Waals surface area contributed by atoms with Crippen LogP contribution in [0.4, 0.5) is 8.78 Å². The zero-order valence-electron chi connectivity index (χ0n) is 23.6. The maximum Gasteiger partial charge on any atom is 0.332 e. The third-order valence-corrected chi connectivity index (χ3v) is 7.52. The van der Waals surface area contributed by atoms with Crippen molar-refractivity contribution in [3.05, 3.63) is 81.6 Å².